The summed E-state index contributed by atoms with van der Waals surface area (Å²) < 4.78 is 50.2. The smallest absolute Gasteiger partial charge is 0.407 e. The highest BCUT2D eigenvalue weighted by Crippen LogP contribution is 2.46. The summed E-state index contributed by atoms with van der Waals surface area (Å²) in [6.07, 6.45) is -10.6. The van der Waals surface area contributed by atoms with Crippen LogP contribution in [0.15, 0.2) is 53.3 Å². The van der Waals surface area contributed by atoms with Gasteiger partial charge in [-0.3, -0.25) is 48.2 Å². The van der Waals surface area contributed by atoms with Gasteiger partial charge in [-0.15, -0.1) is 0 Å². The Bertz CT molecular complexity index is 4340. The third kappa shape index (κ3) is 27.4. The molecule has 4 aliphatic rings. The number of carbonyl (C=O) groups is 10. The zero-order chi connectivity index (χ0) is 89.8. The second-order valence-corrected chi connectivity index (χ2v) is 31.0. The molecule has 0 bridgehead atoms. The normalized spacial score (nSPS) is 18.0. The molecule has 4 aromatic rings. The molecule has 123 heavy (non-hydrogen) atoms. The van der Waals surface area contributed by atoms with Gasteiger partial charge in [-0.05, 0) is 118 Å². The standard InChI is InChI=1S/C82H117FN12O28/c1-5-82(117)52-36-58-70-50(38-95(58)78(113)51(52)44-122-79(82)114)68-54(20-19-49-46(4)53(83)37-57(89-70)67(49)68)91-81(116)123-43-47-15-17-48(18-16-47)87-75(110)56(13-11-25-86-80(84)115)90-77(112)69(45(2)3)92-76(111)55(88-64(103)14-7-6-10-26-94-65(104)21-22-66(94)105)12-8-9-24-85-63(102)23-28-118-30-32-120-34-35-121-33-31-119-29-27-93(39-59(98)71(106)73(108)61(100)41-96)40-60(99)72(107)74(109)62(101)42-97/h15-18,21-22,36-37,45,54-56,59-62,69,71-74,96-101,106-109,117H,5-14,19-20,23-35,38-44H2,1-4H3,(H,85,102)(H,87,110)(H,88,103)(H,90,112)(H,91,116)(H,92,111)(H3,84,86,115)/t54-,55-,56-,59-,60-,61+,62+,69-,71+,72+,73+,74+,82-/m0/s1. The van der Waals surface area contributed by atoms with E-state index in [4.69, 9.17) is 49.4 Å². The van der Waals surface area contributed by atoms with Crippen molar-refractivity contribution in [1.29, 1.82) is 0 Å². The number of esters is 1. The maximum atomic E-state index is 15.6. The van der Waals surface area contributed by atoms with Gasteiger partial charge in [0.25, 0.3) is 17.4 Å². The number of cyclic esters (lactones) is 1. The summed E-state index contributed by atoms with van der Waals surface area (Å²) in [6, 6.07) is 3.88. The van der Waals surface area contributed by atoms with E-state index in [2.05, 4.69) is 37.2 Å². The number of aromatic nitrogens is 2. The molecule has 680 valence electrons. The number of urea groups is 1. The summed E-state index contributed by atoms with van der Waals surface area (Å²) in [5.74, 6) is -5.83. The van der Waals surface area contributed by atoms with Gasteiger partial charge in [-0.1, -0.05) is 39.3 Å². The fourth-order valence-corrected chi connectivity index (χ4v) is 14.7. The molecule has 0 radical (unpaired) electrons. The van der Waals surface area contributed by atoms with E-state index in [-0.39, 0.29) is 166 Å². The summed E-state index contributed by atoms with van der Waals surface area (Å²) in [7, 11) is 0. The number of hydrogen-bond acceptors (Lipinski definition) is 30. The number of pyridine rings is 2. The molecule has 0 fully saturated rings. The monoisotopic (exact) mass is 1740 g/mol. The molecule has 8 rings (SSSR count). The van der Waals surface area contributed by atoms with Crippen molar-refractivity contribution >= 4 is 76.0 Å². The first kappa shape index (κ1) is 98.8. The summed E-state index contributed by atoms with van der Waals surface area (Å²) >= 11 is 0. The van der Waals surface area contributed by atoms with Crippen LogP contribution in [0.25, 0.3) is 22.3 Å². The number of nitrogens with zero attached hydrogens (tertiary/aromatic N) is 4. The van der Waals surface area contributed by atoms with E-state index in [0.717, 1.165) is 4.90 Å². The number of aryl methyl sites for hydroxylation is 1. The first-order valence-corrected chi connectivity index (χ1v) is 41.3. The molecular formula is C82H117FN12O28. The molecule has 0 spiro atoms. The van der Waals surface area contributed by atoms with Crippen molar-refractivity contribution < 1.29 is 137 Å². The second kappa shape index (κ2) is 48.0. The maximum Gasteiger partial charge on any atom is 0.407 e. The van der Waals surface area contributed by atoms with Crippen LogP contribution in [0, 0.1) is 18.7 Å². The average Bonchev–Trinajstić information content (AvgIpc) is 1.57. The topological polar surface area (TPSA) is 600 Å². The van der Waals surface area contributed by atoms with Gasteiger partial charge < -0.3 is 132 Å². The van der Waals surface area contributed by atoms with Gasteiger partial charge in [-0.25, -0.2) is 23.8 Å². The van der Waals surface area contributed by atoms with Crippen LogP contribution in [-0.2, 0) is 98.6 Å². The van der Waals surface area contributed by atoms with Crippen molar-refractivity contribution in [3.63, 3.8) is 0 Å². The number of ether oxygens (including phenoxy) is 6. The van der Waals surface area contributed by atoms with E-state index in [1.54, 1.807) is 58.0 Å². The van der Waals surface area contributed by atoms with Gasteiger partial charge in [-0.2, -0.15) is 0 Å². The van der Waals surface area contributed by atoms with E-state index in [9.17, 15) is 98.7 Å². The third-order valence-corrected chi connectivity index (χ3v) is 21.9. The summed E-state index contributed by atoms with van der Waals surface area (Å²) in [5, 5.41) is 131. The number of nitrogens with two attached hydrogens (primary N) is 1. The Morgan fingerprint density at radius 1 is 0.675 bits per heavy atom. The van der Waals surface area contributed by atoms with Gasteiger partial charge in [0.2, 0.25) is 29.5 Å². The van der Waals surface area contributed by atoms with Crippen molar-refractivity contribution in [3.05, 3.63) is 104 Å². The average molecular weight is 1740 g/mol. The number of rotatable bonds is 54. The van der Waals surface area contributed by atoms with Crippen LogP contribution in [0.3, 0.4) is 0 Å². The van der Waals surface area contributed by atoms with E-state index in [0.29, 0.717) is 89.5 Å². The van der Waals surface area contributed by atoms with E-state index in [1.165, 1.54) is 27.7 Å². The molecule has 41 heteroatoms. The molecule has 5 heterocycles. The number of benzene rings is 2. The largest absolute Gasteiger partial charge is 0.458 e. The number of aliphatic hydroxyl groups is 11. The van der Waals surface area contributed by atoms with E-state index >= 15 is 4.39 Å². The van der Waals surface area contributed by atoms with Crippen molar-refractivity contribution in [1.82, 2.24) is 51.3 Å². The number of primary amides is 1. The van der Waals surface area contributed by atoms with Crippen molar-refractivity contribution in [2.45, 2.75) is 210 Å². The number of anilines is 1. The molecule has 13 atom stereocenters. The quantitative estimate of drug-likeness (QED) is 0.0107. The molecule has 1 aliphatic carbocycles. The number of unbranched alkanes of at least 4 members (excludes halogenated alkanes) is 3. The van der Waals surface area contributed by atoms with E-state index < -0.39 is 176 Å². The van der Waals surface area contributed by atoms with Gasteiger partial charge in [0.1, 0.15) is 73.8 Å². The highest BCUT2D eigenvalue weighted by molar-refractivity contribution is 6.13. The fourth-order valence-electron chi connectivity index (χ4n) is 14.7. The molecule has 0 saturated carbocycles. The molecule has 3 aliphatic heterocycles. The summed E-state index contributed by atoms with van der Waals surface area (Å²) in [5.41, 5.74) is 6.96. The molecule has 2 aromatic carbocycles. The first-order chi connectivity index (χ1) is 58.7. The van der Waals surface area contributed by atoms with Gasteiger partial charge >= 0.3 is 18.1 Å². The molecule has 0 unspecified atom stereocenters. The number of hydrogen-bond donors (Lipinski definition) is 19. The molecule has 0 saturated heterocycles. The van der Waals surface area contributed by atoms with Crippen LogP contribution in [0.1, 0.15) is 143 Å². The van der Waals surface area contributed by atoms with Crippen LogP contribution >= 0.6 is 0 Å². The van der Waals surface area contributed by atoms with Crippen molar-refractivity contribution in [2.24, 2.45) is 11.7 Å². The van der Waals surface area contributed by atoms with Crippen molar-refractivity contribution in [2.75, 3.05) is 111 Å². The lowest BCUT2D eigenvalue weighted by Crippen LogP contribution is -2.57. The minimum Gasteiger partial charge on any atom is -0.458 e. The van der Waals surface area contributed by atoms with Crippen molar-refractivity contribution in [3.8, 4) is 11.4 Å². The lowest BCUT2D eigenvalue weighted by molar-refractivity contribution is -0.172. The molecule has 20 N–H and O–H groups in total. The van der Waals surface area contributed by atoms with Crippen LogP contribution in [-0.4, -0.2) is 307 Å². The zero-order valence-corrected chi connectivity index (χ0v) is 69.4. The number of fused-ring (bicyclic) bond motifs is 5. The minimum absolute atomic E-state index is 0.00105. The molecule has 40 nitrogen and oxygen atoms in total. The zero-order valence-electron chi connectivity index (χ0n) is 69.4. The highest BCUT2D eigenvalue weighted by Gasteiger charge is 2.47. The van der Waals surface area contributed by atoms with Crippen LogP contribution in [0.4, 0.5) is 19.7 Å². The highest BCUT2D eigenvalue weighted by atomic mass is 19.1. The Labute approximate surface area is 708 Å². The van der Waals surface area contributed by atoms with Gasteiger partial charge in [0.15, 0.2) is 5.60 Å². The number of halogens is 1. The fraction of sp³-hybridized carbons (Fsp3) is 0.610. The Morgan fingerprint density at radius 2 is 1.27 bits per heavy atom. The Morgan fingerprint density at radius 3 is 1.88 bits per heavy atom. The molecular weight excluding hydrogens is 1620 g/mol. The number of carbonyl (C=O) groups excluding carboxylic acids is 10. The van der Waals surface area contributed by atoms with Crippen LogP contribution in [0.5, 0.6) is 0 Å². The number of aliphatic hydroxyl groups excluding tert-OH is 10. The van der Waals surface area contributed by atoms with E-state index in [1.807, 2.05) is 0 Å². The number of alkyl carbamates (subject to hydrolysis) is 1. The van der Waals surface area contributed by atoms with Crippen LogP contribution < -0.4 is 48.5 Å². The molecule has 10 amide bonds. The predicted molar refractivity (Wildman–Crippen MR) is 434 cm³/mol. The summed E-state index contributed by atoms with van der Waals surface area (Å²) in [4.78, 5) is 153. The first-order valence-electron chi connectivity index (χ1n) is 41.3. The SMILES string of the molecule is CC[C@@]1(O)C(=O)OCc2c1cc1n(c2=O)Cc2c-1nc1cc(F)c(C)c3c1c2[C@@H](NC(=O)OCc1ccc(NC(=O)[C@H](CCCNC(N)=O)NC(=O)[C@@H](NC(=O)[C@H](CCCCNC(=O)CCOCCOCCOCCOCCN(C[C@H](O)[C@@H](O)[C@H](O)[C@H](O)CO)C[C@H](O)[C@@H](O)[C@H](O)[C@H](O)CO)NC(=O)CCCCCN2C(=O)C=CC2=O)C(C)C)cc1)CC3. The van der Waals surface area contributed by atoms with Gasteiger partial charge in [0, 0.05) is 92.5 Å². The Balaban J connectivity index is 0.787. The Kier molecular flexibility index (Phi) is 38.5. The second-order valence-electron chi connectivity index (χ2n) is 31.0. The maximum absolute atomic E-state index is 15.6. The third-order valence-electron chi connectivity index (χ3n) is 21.9. The number of imide groups is 1. The Hall–Kier alpha value is -9.67. The minimum atomic E-state index is -2.09. The predicted octanol–water partition coefficient (Wildman–Crippen LogP) is -2.66. The number of nitrogens with one attached hydrogen (secondary N) is 7. The van der Waals surface area contributed by atoms with Crippen LogP contribution in [0.2, 0.25) is 0 Å². The van der Waals surface area contributed by atoms with Gasteiger partial charge in [0.05, 0.1) is 113 Å². The molecule has 2 aromatic heterocycles. The lowest BCUT2D eigenvalue weighted by atomic mass is 9.81. The summed E-state index contributed by atoms with van der Waals surface area (Å²) in [6.45, 7) is 4.40. The lowest BCUT2D eigenvalue weighted by Gasteiger charge is -2.33. The number of amides is 10.